The SMILES string of the molecule is CCCCCCCCCCCC(=O)OCC(C)OCC(C)O. The van der Waals surface area contributed by atoms with E-state index in [0.717, 1.165) is 12.8 Å². The van der Waals surface area contributed by atoms with Crippen LogP contribution in [0, 0.1) is 0 Å². The molecule has 4 nitrogen and oxygen atoms in total. The highest BCUT2D eigenvalue weighted by Crippen LogP contribution is 2.10. The Bertz CT molecular complexity index is 253. The van der Waals surface area contributed by atoms with E-state index in [0.29, 0.717) is 6.42 Å². The third kappa shape index (κ3) is 15.8. The molecule has 2 unspecified atom stereocenters. The van der Waals surface area contributed by atoms with E-state index in [2.05, 4.69) is 6.92 Å². The highest BCUT2D eigenvalue weighted by molar-refractivity contribution is 5.69. The van der Waals surface area contributed by atoms with E-state index in [-0.39, 0.29) is 25.3 Å². The van der Waals surface area contributed by atoms with Crippen LogP contribution in [0.4, 0.5) is 0 Å². The van der Waals surface area contributed by atoms with E-state index < -0.39 is 6.10 Å². The molecule has 132 valence electrons. The Morgan fingerprint density at radius 1 is 0.909 bits per heavy atom. The smallest absolute Gasteiger partial charge is 0.305 e. The Labute approximate surface area is 136 Å². The molecular formula is C18H36O4. The summed E-state index contributed by atoms with van der Waals surface area (Å²) in [6, 6.07) is 0. The molecule has 22 heavy (non-hydrogen) atoms. The van der Waals surface area contributed by atoms with Gasteiger partial charge >= 0.3 is 5.97 Å². The van der Waals surface area contributed by atoms with Gasteiger partial charge in [-0.2, -0.15) is 0 Å². The van der Waals surface area contributed by atoms with Gasteiger partial charge in [0.15, 0.2) is 0 Å². The third-order valence-corrected chi connectivity index (χ3v) is 3.59. The van der Waals surface area contributed by atoms with Crippen LogP contribution >= 0.6 is 0 Å². The largest absolute Gasteiger partial charge is 0.463 e. The molecule has 0 aliphatic rings. The number of aliphatic hydroxyl groups excluding tert-OH is 1. The molecule has 0 heterocycles. The van der Waals surface area contributed by atoms with Crippen LogP contribution < -0.4 is 0 Å². The topological polar surface area (TPSA) is 55.8 Å². The van der Waals surface area contributed by atoms with Crippen molar-refractivity contribution in [1.29, 1.82) is 0 Å². The lowest BCUT2D eigenvalue weighted by molar-refractivity contribution is -0.148. The van der Waals surface area contributed by atoms with Gasteiger partial charge in [-0.25, -0.2) is 0 Å². The maximum Gasteiger partial charge on any atom is 0.305 e. The standard InChI is InChI=1S/C18H36O4/c1-4-5-6-7-8-9-10-11-12-13-18(20)22-15-17(3)21-14-16(2)19/h16-17,19H,4-15H2,1-3H3. The zero-order valence-corrected chi connectivity index (χ0v) is 14.8. The van der Waals surface area contributed by atoms with Crippen molar-refractivity contribution in [3.05, 3.63) is 0 Å². The first kappa shape index (κ1) is 21.4. The Kier molecular flexibility index (Phi) is 14.9. The van der Waals surface area contributed by atoms with Gasteiger partial charge in [-0.05, 0) is 20.3 Å². The molecule has 0 fully saturated rings. The Morgan fingerprint density at radius 2 is 1.45 bits per heavy atom. The van der Waals surface area contributed by atoms with Gasteiger partial charge in [0.25, 0.3) is 0 Å². The Balaban J connectivity index is 3.32. The fraction of sp³-hybridized carbons (Fsp3) is 0.944. The Hall–Kier alpha value is -0.610. The Morgan fingerprint density at radius 3 is 2.00 bits per heavy atom. The van der Waals surface area contributed by atoms with E-state index in [1.54, 1.807) is 6.92 Å². The van der Waals surface area contributed by atoms with E-state index in [1.807, 2.05) is 6.92 Å². The van der Waals surface area contributed by atoms with Gasteiger partial charge < -0.3 is 14.6 Å². The highest BCUT2D eigenvalue weighted by atomic mass is 16.6. The van der Waals surface area contributed by atoms with Crippen molar-refractivity contribution in [1.82, 2.24) is 0 Å². The molecule has 0 saturated heterocycles. The van der Waals surface area contributed by atoms with E-state index >= 15 is 0 Å². The van der Waals surface area contributed by atoms with Crippen molar-refractivity contribution >= 4 is 5.97 Å². The molecule has 0 aromatic heterocycles. The lowest BCUT2D eigenvalue weighted by Crippen LogP contribution is -2.23. The molecule has 0 spiro atoms. The fourth-order valence-corrected chi connectivity index (χ4v) is 2.21. The molecule has 0 saturated carbocycles. The van der Waals surface area contributed by atoms with E-state index in [1.165, 1.54) is 44.9 Å². The van der Waals surface area contributed by atoms with Gasteiger partial charge in [0.2, 0.25) is 0 Å². The van der Waals surface area contributed by atoms with E-state index in [9.17, 15) is 4.79 Å². The minimum atomic E-state index is -0.486. The van der Waals surface area contributed by atoms with Crippen molar-refractivity contribution in [2.75, 3.05) is 13.2 Å². The van der Waals surface area contributed by atoms with Crippen molar-refractivity contribution in [3.63, 3.8) is 0 Å². The van der Waals surface area contributed by atoms with E-state index in [4.69, 9.17) is 14.6 Å². The van der Waals surface area contributed by atoms with Crippen LogP contribution in [0.3, 0.4) is 0 Å². The zero-order valence-electron chi connectivity index (χ0n) is 14.8. The monoisotopic (exact) mass is 316 g/mol. The number of aliphatic hydroxyl groups is 1. The summed E-state index contributed by atoms with van der Waals surface area (Å²) in [5.41, 5.74) is 0. The van der Waals surface area contributed by atoms with Crippen LogP contribution in [0.25, 0.3) is 0 Å². The molecular weight excluding hydrogens is 280 g/mol. The summed E-state index contributed by atoms with van der Waals surface area (Å²) in [4.78, 5) is 11.6. The average Bonchev–Trinajstić information content (AvgIpc) is 2.49. The third-order valence-electron chi connectivity index (χ3n) is 3.59. The van der Waals surface area contributed by atoms with Crippen LogP contribution in [0.2, 0.25) is 0 Å². The quantitative estimate of drug-likeness (QED) is 0.363. The van der Waals surface area contributed by atoms with Crippen LogP contribution in [-0.4, -0.2) is 36.5 Å². The number of rotatable bonds is 15. The summed E-state index contributed by atoms with van der Waals surface area (Å²) in [6.07, 6.45) is 11.0. The lowest BCUT2D eigenvalue weighted by Gasteiger charge is -2.14. The first-order chi connectivity index (χ1) is 10.6. The molecule has 1 N–H and O–H groups in total. The van der Waals surface area contributed by atoms with Gasteiger partial charge in [-0.15, -0.1) is 0 Å². The van der Waals surface area contributed by atoms with Gasteiger partial charge in [-0.3, -0.25) is 4.79 Å². The van der Waals surface area contributed by atoms with Crippen LogP contribution in [0.1, 0.15) is 85.0 Å². The number of carbonyl (C=O) groups is 1. The number of hydrogen-bond acceptors (Lipinski definition) is 4. The van der Waals surface area contributed by atoms with Gasteiger partial charge in [-0.1, -0.05) is 58.3 Å². The minimum Gasteiger partial charge on any atom is -0.463 e. The predicted molar refractivity (Wildman–Crippen MR) is 89.9 cm³/mol. The summed E-state index contributed by atoms with van der Waals surface area (Å²) in [5, 5.41) is 9.09. The van der Waals surface area contributed by atoms with Crippen LogP contribution in [-0.2, 0) is 14.3 Å². The van der Waals surface area contributed by atoms with Crippen molar-refractivity contribution in [2.24, 2.45) is 0 Å². The summed E-state index contributed by atoms with van der Waals surface area (Å²) in [5.74, 6) is -0.143. The van der Waals surface area contributed by atoms with Crippen LogP contribution in [0.5, 0.6) is 0 Å². The number of unbranched alkanes of at least 4 members (excludes halogenated alkanes) is 8. The molecule has 0 bridgehead atoms. The zero-order chi connectivity index (χ0) is 16.6. The van der Waals surface area contributed by atoms with Gasteiger partial charge in [0.05, 0.1) is 18.8 Å². The lowest BCUT2D eigenvalue weighted by atomic mass is 10.1. The summed E-state index contributed by atoms with van der Waals surface area (Å²) < 4.78 is 10.5. The minimum absolute atomic E-state index is 0.143. The second-order valence-electron chi connectivity index (χ2n) is 6.25. The number of esters is 1. The van der Waals surface area contributed by atoms with Crippen LogP contribution in [0.15, 0.2) is 0 Å². The van der Waals surface area contributed by atoms with Crippen molar-refractivity contribution < 1.29 is 19.4 Å². The van der Waals surface area contributed by atoms with Gasteiger partial charge in [0, 0.05) is 6.42 Å². The molecule has 0 aliphatic carbocycles. The highest BCUT2D eigenvalue weighted by Gasteiger charge is 2.08. The number of hydrogen-bond donors (Lipinski definition) is 1. The number of carbonyl (C=O) groups excluding carboxylic acids is 1. The summed E-state index contributed by atoms with van der Waals surface area (Å²) in [6.45, 7) is 6.29. The second-order valence-corrected chi connectivity index (χ2v) is 6.25. The maximum atomic E-state index is 11.6. The average molecular weight is 316 g/mol. The molecule has 0 aliphatic heterocycles. The number of ether oxygens (including phenoxy) is 2. The van der Waals surface area contributed by atoms with Crippen molar-refractivity contribution in [3.8, 4) is 0 Å². The molecule has 0 rings (SSSR count). The molecule has 0 aromatic rings. The fourth-order valence-electron chi connectivity index (χ4n) is 2.21. The molecule has 4 heteroatoms. The molecule has 2 atom stereocenters. The van der Waals surface area contributed by atoms with Gasteiger partial charge in [0.1, 0.15) is 6.61 Å². The van der Waals surface area contributed by atoms with Crippen molar-refractivity contribution in [2.45, 2.75) is 97.2 Å². The normalized spacial score (nSPS) is 13.8. The second kappa shape index (κ2) is 15.3. The first-order valence-corrected chi connectivity index (χ1v) is 9.01. The maximum absolute atomic E-state index is 11.6. The predicted octanol–water partition coefficient (Wildman–Crippen LogP) is 4.24. The molecule has 0 aromatic carbocycles. The molecule has 0 amide bonds. The summed E-state index contributed by atoms with van der Waals surface area (Å²) >= 11 is 0. The first-order valence-electron chi connectivity index (χ1n) is 9.01. The molecule has 0 radical (unpaired) electrons. The summed E-state index contributed by atoms with van der Waals surface area (Å²) in [7, 11) is 0.